The van der Waals surface area contributed by atoms with Crippen LogP contribution in [0.4, 0.5) is 17.3 Å². The smallest absolute Gasteiger partial charge is 0.269 e. The molecule has 4 N–H and O–H groups in total. The molecule has 0 radical (unpaired) electrons. The number of nitro benzene ring substituents is 1. The van der Waals surface area contributed by atoms with Crippen LogP contribution in [-0.4, -0.2) is 51.4 Å². The molecule has 0 unspecified atom stereocenters. The van der Waals surface area contributed by atoms with E-state index in [1.165, 1.54) is 28.9 Å². The largest absolute Gasteiger partial charge is 0.493 e. The third-order valence-electron chi connectivity index (χ3n) is 4.48. The first-order valence-electron chi connectivity index (χ1n) is 9.72. The van der Waals surface area contributed by atoms with Crippen LogP contribution < -0.4 is 26.1 Å². The second-order valence-corrected chi connectivity index (χ2v) is 7.64. The van der Waals surface area contributed by atoms with Crippen molar-refractivity contribution in [2.45, 2.75) is 12.1 Å². The topological polar surface area (TPSA) is 172 Å². The summed E-state index contributed by atoms with van der Waals surface area (Å²) < 4.78 is 11.7. The maximum Gasteiger partial charge on any atom is 0.269 e. The van der Waals surface area contributed by atoms with Gasteiger partial charge in [-0.1, -0.05) is 11.8 Å². The highest BCUT2D eigenvalue weighted by Gasteiger charge is 2.13. The third-order valence-corrected chi connectivity index (χ3v) is 5.43. The molecule has 1 heterocycles. The molecule has 0 saturated carbocycles. The van der Waals surface area contributed by atoms with Crippen LogP contribution in [0.2, 0.25) is 0 Å². The Hall–Kier alpha value is -4.33. The Morgan fingerprint density at radius 1 is 1.18 bits per heavy atom. The second kappa shape index (κ2) is 11.0. The summed E-state index contributed by atoms with van der Waals surface area (Å²) in [7, 11) is 3.11. The van der Waals surface area contributed by atoms with Crippen molar-refractivity contribution < 1.29 is 19.2 Å². The minimum absolute atomic E-state index is 0.000257. The minimum Gasteiger partial charge on any atom is -0.493 e. The average Bonchev–Trinajstić information content (AvgIpc) is 3.20. The summed E-state index contributed by atoms with van der Waals surface area (Å²) in [5.41, 5.74) is 4.56. The number of amides is 1. The van der Waals surface area contributed by atoms with Crippen molar-refractivity contribution in [2.75, 3.05) is 36.6 Å². The molecule has 0 spiro atoms. The molecule has 34 heavy (non-hydrogen) atoms. The molecule has 0 aliphatic heterocycles. The number of nitrogens with one attached hydrogen (secondary N) is 2. The normalized spacial score (nSPS) is 11.1. The van der Waals surface area contributed by atoms with Crippen LogP contribution >= 0.6 is 11.8 Å². The Labute approximate surface area is 198 Å². The summed E-state index contributed by atoms with van der Waals surface area (Å²) >= 11 is 1.07. The minimum atomic E-state index is -0.513. The van der Waals surface area contributed by atoms with Crippen LogP contribution in [0.25, 0.3) is 0 Å². The van der Waals surface area contributed by atoms with Gasteiger partial charge < -0.3 is 20.6 Å². The van der Waals surface area contributed by atoms with Gasteiger partial charge in [-0.3, -0.25) is 14.9 Å². The number of carbonyl (C=O) groups is 1. The summed E-state index contributed by atoms with van der Waals surface area (Å²) in [6.07, 6.45) is 0. The molecule has 13 nitrogen and oxygen atoms in total. The van der Waals surface area contributed by atoms with Crippen molar-refractivity contribution >= 4 is 40.7 Å². The molecule has 0 aliphatic carbocycles. The first-order valence-corrected chi connectivity index (χ1v) is 10.7. The number of aromatic nitrogens is 3. The maximum atomic E-state index is 12.2. The maximum absolute atomic E-state index is 12.2. The molecule has 0 aliphatic rings. The fourth-order valence-corrected chi connectivity index (χ4v) is 3.36. The molecular formula is C20H22N8O5S. The number of hydrazone groups is 1. The molecular weight excluding hydrogens is 464 g/mol. The standard InChI is InChI=1S/C20H22N8O5S/c1-12(13-4-9-16(32-2)17(10-13)33-3)23-24-19-25-26-20(27(19)21)34-11-18(29)22-14-5-7-15(8-6-14)28(30)31/h4-10H,11,21H2,1-3H3,(H,22,29)(H,24,25)/b23-12+. The van der Waals surface area contributed by atoms with Crippen molar-refractivity contribution in [3.8, 4) is 11.5 Å². The number of nitro groups is 1. The molecule has 1 amide bonds. The Bertz CT molecular complexity index is 1210. The molecule has 0 atom stereocenters. The van der Waals surface area contributed by atoms with E-state index in [-0.39, 0.29) is 23.3 Å². The zero-order chi connectivity index (χ0) is 24.7. The fourth-order valence-electron chi connectivity index (χ4n) is 2.71. The lowest BCUT2D eigenvalue weighted by Crippen LogP contribution is -2.17. The SMILES string of the molecule is COc1ccc(/C(C)=N/Nc2nnc(SCC(=O)Nc3ccc([N+](=O)[O-])cc3)n2N)cc1OC. The predicted octanol–water partition coefficient (Wildman–Crippen LogP) is 2.48. The van der Waals surface area contributed by atoms with Crippen molar-refractivity contribution in [1.29, 1.82) is 0 Å². The van der Waals surface area contributed by atoms with Gasteiger partial charge in [-0.2, -0.15) is 5.10 Å². The van der Waals surface area contributed by atoms with Crippen LogP contribution in [-0.2, 0) is 4.79 Å². The third kappa shape index (κ3) is 5.92. The summed E-state index contributed by atoms with van der Waals surface area (Å²) in [5, 5.41) is 25.8. The van der Waals surface area contributed by atoms with Gasteiger partial charge in [0.25, 0.3) is 11.6 Å². The van der Waals surface area contributed by atoms with Gasteiger partial charge in [-0.15, -0.1) is 10.2 Å². The number of thioether (sulfide) groups is 1. The zero-order valence-electron chi connectivity index (χ0n) is 18.5. The van der Waals surface area contributed by atoms with E-state index in [9.17, 15) is 14.9 Å². The van der Waals surface area contributed by atoms with E-state index in [2.05, 4.69) is 26.0 Å². The van der Waals surface area contributed by atoms with Crippen molar-refractivity contribution in [3.63, 3.8) is 0 Å². The van der Waals surface area contributed by atoms with Gasteiger partial charge in [0.1, 0.15) is 0 Å². The Balaban J connectivity index is 1.58. The summed E-state index contributed by atoms with van der Waals surface area (Å²) in [6, 6.07) is 10.9. The number of hydrogen-bond acceptors (Lipinski definition) is 11. The van der Waals surface area contributed by atoms with Crippen molar-refractivity contribution in [1.82, 2.24) is 14.9 Å². The number of nitrogens with two attached hydrogens (primary N) is 1. The Morgan fingerprint density at radius 3 is 2.53 bits per heavy atom. The van der Waals surface area contributed by atoms with Crippen LogP contribution in [0.15, 0.2) is 52.7 Å². The van der Waals surface area contributed by atoms with E-state index < -0.39 is 4.92 Å². The van der Waals surface area contributed by atoms with E-state index in [1.807, 2.05) is 6.07 Å². The second-order valence-electron chi connectivity index (χ2n) is 6.70. The van der Waals surface area contributed by atoms with Gasteiger partial charge in [0, 0.05) is 23.4 Å². The van der Waals surface area contributed by atoms with Crippen LogP contribution in [0.5, 0.6) is 11.5 Å². The summed E-state index contributed by atoms with van der Waals surface area (Å²) in [5.74, 6) is 7.02. The predicted molar refractivity (Wildman–Crippen MR) is 128 cm³/mol. The molecule has 0 fully saturated rings. The molecule has 178 valence electrons. The van der Waals surface area contributed by atoms with Gasteiger partial charge in [-0.05, 0) is 37.3 Å². The monoisotopic (exact) mass is 486 g/mol. The van der Waals surface area contributed by atoms with E-state index in [1.54, 1.807) is 33.3 Å². The van der Waals surface area contributed by atoms with E-state index in [4.69, 9.17) is 15.3 Å². The van der Waals surface area contributed by atoms with Crippen LogP contribution in [0, 0.1) is 10.1 Å². The number of carbonyl (C=O) groups excluding carboxylic acids is 1. The Morgan fingerprint density at radius 2 is 1.88 bits per heavy atom. The van der Waals surface area contributed by atoms with Gasteiger partial charge in [0.05, 0.1) is 30.6 Å². The highest BCUT2D eigenvalue weighted by molar-refractivity contribution is 7.99. The van der Waals surface area contributed by atoms with Crippen molar-refractivity contribution in [3.05, 3.63) is 58.1 Å². The number of anilines is 2. The van der Waals surface area contributed by atoms with Gasteiger partial charge in [0.15, 0.2) is 11.5 Å². The number of hydrogen-bond donors (Lipinski definition) is 3. The van der Waals surface area contributed by atoms with Crippen LogP contribution in [0.1, 0.15) is 12.5 Å². The summed E-state index contributed by atoms with van der Waals surface area (Å²) in [4.78, 5) is 22.4. The Kier molecular flexibility index (Phi) is 7.87. The van der Waals surface area contributed by atoms with Gasteiger partial charge in [-0.25, -0.2) is 10.1 Å². The first-order chi connectivity index (χ1) is 16.3. The quantitative estimate of drug-likeness (QED) is 0.127. The van der Waals surface area contributed by atoms with Gasteiger partial charge in [0.2, 0.25) is 11.1 Å². The first kappa shape index (κ1) is 24.3. The lowest BCUT2D eigenvalue weighted by molar-refractivity contribution is -0.384. The number of nitrogen functional groups attached to an aromatic ring is 1. The van der Waals surface area contributed by atoms with Crippen molar-refractivity contribution in [2.24, 2.45) is 5.10 Å². The average molecular weight is 487 g/mol. The number of ether oxygens (including phenoxy) is 2. The lowest BCUT2D eigenvalue weighted by atomic mass is 10.1. The van der Waals surface area contributed by atoms with E-state index in [0.717, 1.165) is 17.3 Å². The molecule has 0 bridgehead atoms. The molecule has 1 aromatic heterocycles. The highest BCUT2D eigenvalue weighted by atomic mass is 32.2. The number of benzene rings is 2. The lowest BCUT2D eigenvalue weighted by Gasteiger charge is -2.09. The fraction of sp³-hybridized carbons (Fsp3) is 0.200. The molecule has 3 aromatic rings. The van der Waals surface area contributed by atoms with E-state index in [0.29, 0.717) is 28.1 Å². The molecule has 0 saturated heterocycles. The number of nitrogens with zero attached hydrogens (tertiary/aromatic N) is 5. The molecule has 2 aromatic carbocycles. The highest BCUT2D eigenvalue weighted by Crippen LogP contribution is 2.28. The van der Waals surface area contributed by atoms with Gasteiger partial charge >= 0.3 is 0 Å². The van der Waals surface area contributed by atoms with Crippen LogP contribution in [0.3, 0.4) is 0 Å². The number of methoxy groups -OCH3 is 2. The van der Waals surface area contributed by atoms with E-state index >= 15 is 0 Å². The number of rotatable bonds is 10. The molecule has 3 rings (SSSR count). The summed E-state index contributed by atoms with van der Waals surface area (Å²) in [6.45, 7) is 1.80. The zero-order valence-corrected chi connectivity index (χ0v) is 19.3. The number of non-ortho nitro benzene ring substituents is 1. The molecule has 14 heteroatoms.